The van der Waals surface area contributed by atoms with Gasteiger partial charge in [0.25, 0.3) is 0 Å². The van der Waals surface area contributed by atoms with Crippen LogP contribution in [-0.4, -0.2) is 10.1 Å². The molecule has 0 bridgehead atoms. The Morgan fingerprint density at radius 2 is 1.94 bits per heavy atom. The zero-order chi connectivity index (χ0) is 12.3. The summed E-state index contributed by atoms with van der Waals surface area (Å²) in [5.74, 6) is 1.48. The van der Waals surface area contributed by atoms with E-state index in [0.717, 1.165) is 0 Å². The molecule has 2 N–H and O–H groups in total. The van der Waals surface area contributed by atoms with E-state index in [9.17, 15) is 0 Å². The number of rotatable bonds is 4. The molecule has 1 aromatic heterocycles. The molecule has 0 spiro atoms. The fourth-order valence-corrected chi connectivity index (χ4v) is 1.59. The van der Waals surface area contributed by atoms with Crippen molar-refractivity contribution in [3.8, 4) is 0 Å². The molecular formula is C13H17N3O. The molecule has 0 amide bonds. The minimum atomic E-state index is -0.239. The quantitative estimate of drug-likeness (QED) is 0.877. The first-order valence-electron chi connectivity index (χ1n) is 5.80. The Balaban J connectivity index is 2.07. The Labute approximate surface area is 101 Å². The van der Waals surface area contributed by atoms with Gasteiger partial charge in [0.15, 0.2) is 5.82 Å². The molecule has 0 fully saturated rings. The Bertz CT molecular complexity index is 465. The van der Waals surface area contributed by atoms with E-state index in [2.05, 4.69) is 10.1 Å². The summed E-state index contributed by atoms with van der Waals surface area (Å²) in [5, 5.41) is 3.91. The normalized spacial score (nSPS) is 12.9. The van der Waals surface area contributed by atoms with Crippen molar-refractivity contribution in [1.82, 2.24) is 10.1 Å². The van der Waals surface area contributed by atoms with Gasteiger partial charge in [0, 0.05) is 5.92 Å². The van der Waals surface area contributed by atoms with Gasteiger partial charge in [0.1, 0.15) is 0 Å². The minimum Gasteiger partial charge on any atom is -0.338 e. The molecule has 1 heterocycles. The largest absolute Gasteiger partial charge is 0.338 e. The highest BCUT2D eigenvalue weighted by atomic mass is 16.5. The first-order valence-corrected chi connectivity index (χ1v) is 5.80. The monoisotopic (exact) mass is 231 g/mol. The third-order valence-corrected chi connectivity index (χ3v) is 2.59. The van der Waals surface area contributed by atoms with Crippen LogP contribution in [0.3, 0.4) is 0 Å². The Morgan fingerprint density at radius 1 is 1.24 bits per heavy atom. The number of aromatic nitrogens is 2. The molecule has 0 aliphatic heterocycles. The van der Waals surface area contributed by atoms with Crippen molar-refractivity contribution in [2.75, 3.05) is 0 Å². The van der Waals surface area contributed by atoms with Crippen molar-refractivity contribution in [2.24, 2.45) is 5.73 Å². The van der Waals surface area contributed by atoms with E-state index >= 15 is 0 Å². The molecule has 1 aromatic carbocycles. The Kier molecular flexibility index (Phi) is 3.54. The van der Waals surface area contributed by atoms with Gasteiger partial charge in [0.2, 0.25) is 5.89 Å². The highest BCUT2D eigenvalue weighted by Gasteiger charge is 2.16. The Morgan fingerprint density at radius 3 is 2.53 bits per heavy atom. The molecule has 90 valence electrons. The second-order valence-corrected chi connectivity index (χ2v) is 4.44. The number of hydrogen-bond donors (Lipinski definition) is 1. The molecule has 0 aliphatic carbocycles. The first kappa shape index (κ1) is 11.8. The molecule has 17 heavy (non-hydrogen) atoms. The number of nitrogens with zero attached hydrogens (tertiary/aromatic N) is 2. The van der Waals surface area contributed by atoms with E-state index in [4.69, 9.17) is 10.3 Å². The van der Waals surface area contributed by atoms with E-state index in [1.165, 1.54) is 5.56 Å². The van der Waals surface area contributed by atoms with Crippen LogP contribution < -0.4 is 5.73 Å². The van der Waals surface area contributed by atoms with Crippen LogP contribution in [0.25, 0.3) is 0 Å². The predicted octanol–water partition coefficient (Wildman–Crippen LogP) is 2.44. The maximum absolute atomic E-state index is 6.04. The highest BCUT2D eigenvalue weighted by Crippen LogP contribution is 2.17. The zero-order valence-corrected chi connectivity index (χ0v) is 10.1. The molecular weight excluding hydrogens is 214 g/mol. The molecule has 4 heteroatoms. The molecule has 0 saturated heterocycles. The van der Waals surface area contributed by atoms with Gasteiger partial charge in [-0.3, -0.25) is 0 Å². The summed E-state index contributed by atoms with van der Waals surface area (Å²) in [6.07, 6.45) is 0.709. The SMILES string of the molecule is CC(C)c1noc(C(N)Cc2ccccc2)n1. The first-order chi connectivity index (χ1) is 8.16. The van der Waals surface area contributed by atoms with Gasteiger partial charge in [-0.2, -0.15) is 4.98 Å². The van der Waals surface area contributed by atoms with Gasteiger partial charge < -0.3 is 10.3 Å². The average molecular weight is 231 g/mol. The number of hydrogen-bond acceptors (Lipinski definition) is 4. The fourth-order valence-electron chi connectivity index (χ4n) is 1.59. The van der Waals surface area contributed by atoms with E-state index in [1.807, 2.05) is 44.2 Å². The molecule has 1 unspecified atom stereocenters. The lowest BCUT2D eigenvalue weighted by Gasteiger charge is -2.06. The molecule has 2 rings (SSSR count). The van der Waals surface area contributed by atoms with Gasteiger partial charge >= 0.3 is 0 Å². The van der Waals surface area contributed by atoms with Crippen LogP contribution in [0.5, 0.6) is 0 Å². The summed E-state index contributed by atoms with van der Waals surface area (Å²) in [5.41, 5.74) is 7.21. The smallest absolute Gasteiger partial charge is 0.243 e. The van der Waals surface area contributed by atoms with Crippen molar-refractivity contribution >= 4 is 0 Å². The molecule has 1 atom stereocenters. The van der Waals surface area contributed by atoms with Crippen LogP contribution >= 0.6 is 0 Å². The third-order valence-electron chi connectivity index (χ3n) is 2.59. The Hall–Kier alpha value is -1.68. The van der Waals surface area contributed by atoms with Crippen LogP contribution in [0.15, 0.2) is 34.9 Å². The fraction of sp³-hybridized carbons (Fsp3) is 0.385. The summed E-state index contributed by atoms with van der Waals surface area (Å²) in [7, 11) is 0. The van der Waals surface area contributed by atoms with E-state index in [1.54, 1.807) is 0 Å². The van der Waals surface area contributed by atoms with Crippen molar-refractivity contribution in [2.45, 2.75) is 32.2 Å². The highest BCUT2D eigenvalue weighted by molar-refractivity contribution is 5.16. The zero-order valence-electron chi connectivity index (χ0n) is 10.1. The predicted molar refractivity (Wildman–Crippen MR) is 65.5 cm³/mol. The third kappa shape index (κ3) is 2.91. The van der Waals surface area contributed by atoms with Crippen molar-refractivity contribution in [3.05, 3.63) is 47.6 Å². The molecule has 0 aliphatic rings. The number of nitrogens with two attached hydrogens (primary N) is 1. The van der Waals surface area contributed by atoms with E-state index in [0.29, 0.717) is 18.1 Å². The lowest BCUT2D eigenvalue weighted by Crippen LogP contribution is -2.13. The topological polar surface area (TPSA) is 64.9 Å². The molecule has 2 aromatic rings. The van der Waals surface area contributed by atoms with Crippen LogP contribution in [0, 0.1) is 0 Å². The maximum atomic E-state index is 6.04. The van der Waals surface area contributed by atoms with Gasteiger partial charge in [0.05, 0.1) is 6.04 Å². The van der Waals surface area contributed by atoms with Crippen LogP contribution in [0.4, 0.5) is 0 Å². The summed E-state index contributed by atoms with van der Waals surface area (Å²) < 4.78 is 5.17. The lowest BCUT2D eigenvalue weighted by molar-refractivity contribution is 0.349. The second-order valence-electron chi connectivity index (χ2n) is 4.44. The maximum Gasteiger partial charge on any atom is 0.243 e. The van der Waals surface area contributed by atoms with E-state index < -0.39 is 0 Å². The minimum absolute atomic E-state index is 0.239. The summed E-state index contributed by atoms with van der Waals surface area (Å²) in [4.78, 5) is 4.30. The van der Waals surface area contributed by atoms with Crippen LogP contribution in [-0.2, 0) is 6.42 Å². The molecule has 0 saturated carbocycles. The molecule has 0 radical (unpaired) electrons. The van der Waals surface area contributed by atoms with Crippen LogP contribution in [0.2, 0.25) is 0 Å². The van der Waals surface area contributed by atoms with Crippen LogP contribution in [0.1, 0.15) is 43.1 Å². The van der Waals surface area contributed by atoms with Crippen molar-refractivity contribution in [1.29, 1.82) is 0 Å². The second kappa shape index (κ2) is 5.10. The van der Waals surface area contributed by atoms with Crippen molar-refractivity contribution in [3.63, 3.8) is 0 Å². The van der Waals surface area contributed by atoms with Gasteiger partial charge in [-0.1, -0.05) is 49.3 Å². The standard InChI is InChI=1S/C13H17N3O/c1-9(2)12-15-13(17-16-12)11(14)8-10-6-4-3-5-7-10/h3-7,9,11H,8,14H2,1-2H3. The molecule has 4 nitrogen and oxygen atoms in total. The van der Waals surface area contributed by atoms with Gasteiger partial charge in [-0.25, -0.2) is 0 Å². The van der Waals surface area contributed by atoms with Crippen molar-refractivity contribution < 1.29 is 4.52 Å². The lowest BCUT2D eigenvalue weighted by atomic mass is 10.1. The summed E-state index contributed by atoms with van der Waals surface area (Å²) in [6, 6.07) is 9.82. The summed E-state index contributed by atoms with van der Waals surface area (Å²) in [6.45, 7) is 4.05. The van der Waals surface area contributed by atoms with E-state index in [-0.39, 0.29) is 12.0 Å². The average Bonchev–Trinajstić information content (AvgIpc) is 2.79. The summed E-state index contributed by atoms with van der Waals surface area (Å²) >= 11 is 0. The number of benzene rings is 1. The van der Waals surface area contributed by atoms with Gasteiger partial charge in [-0.05, 0) is 12.0 Å². The van der Waals surface area contributed by atoms with Gasteiger partial charge in [-0.15, -0.1) is 0 Å².